The van der Waals surface area contributed by atoms with Gasteiger partial charge in [0, 0.05) is 0 Å². The third kappa shape index (κ3) is 11.7. The molecule has 2 fully saturated rings. The second kappa shape index (κ2) is 20.6. The van der Waals surface area contributed by atoms with Crippen LogP contribution in [0.3, 0.4) is 0 Å². The fraction of sp³-hybridized carbons (Fsp3) is 1.00. The summed E-state index contributed by atoms with van der Waals surface area (Å²) in [5, 5.41) is 92.5. The molecule has 43 heavy (non-hydrogen) atoms. The minimum Gasteiger partial charge on any atom is -0.394 e. The molecule has 2 saturated heterocycles. The van der Waals surface area contributed by atoms with Crippen LogP contribution in [0, 0.1) is 0 Å². The first-order valence-electron chi connectivity index (χ1n) is 16.3. The molecule has 2 heterocycles. The Hall–Kier alpha value is -0.520. The van der Waals surface area contributed by atoms with E-state index in [0.29, 0.717) is 12.8 Å². The number of hydrogen-bond acceptors (Lipinski definition) is 13. The van der Waals surface area contributed by atoms with E-state index in [9.17, 15) is 46.0 Å². The highest BCUT2D eigenvalue weighted by molar-refractivity contribution is 5.00. The molecule has 2 aliphatic heterocycles. The van der Waals surface area contributed by atoms with Gasteiger partial charge in [0.1, 0.15) is 61.0 Å². The molecular formula is C30H59NO12. The summed E-state index contributed by atoms with van der Waals surface area (Å²) in [7, 11) is 0. The fourth-order valence-electron chi connectivity index (χ4n) is 5.91. The topological polar surface area (TPSA) is 236 Å². The molecule has 0 aromatic carbocycles. The number of hydrogen-bond donors (Lipinski definition) is 10. The first-order valence-corrected chi connectivity index (χ1v) is 16.3. The lowest BCUT2D eigenvalue weighted by atomic mass is 9.87. The van der Waals surface area contributed by atoms with Gasteiger partial charge in [-0.1, -0.05) is 90.4 Å². The highest BCUT2D eigenvalue weighted by atomic mass is 16.7. The average Bonchev–Trinajstić information content (AvgIpc) is 3.01. The van der Waals surface area contributed by atoms with Crippen molar-refractivity contribution >= 4 is 0 Å². The summed E-state index contributed by atoms with van der Waals surface area (Å²) < 4.78 is 16.5. The Morgan fingerprint density at radius 2 is 1.14 bits per heavy atom. The zero-order chi connectivity index (χ0) is 31.9. The lowest BCUT2D eigenvalue weighted by molar-refractivity contribution is -0.345. The molecule has 0 aromatic rings. The van der Waals surface area contributed by atoms with Gasteiger partial charge in [0.25, 0.3) is 0 Å². The molecular weight excluding hydrogens is 566 g/mol. The van der Waals surface area contributed by atoms with Gasteiger partial charge in [0.2, 0.25) is 0 Å². The summed E-state index contributed by atoms with van der Waals surface area (Å²) in [4.78, 5) is 0. The van der Waals surface area contributed by atoms with E-state index in [1.807, 2.05) is 0 Å². The maximum absolute atomic E-state index is 10.8. The normalized spacial score (nSPS) is 35.5. The number of ether oxygens (including phenoxy) is 3. The van der Waals surface area contributed by atoms with Crippen LogP contribution in [0.25, 0.3) is 0 Å². The van der Waals surface area contributed by atoms with Crippen molar-refractivity contribution in [2.75, 3.05) is 13.2 Å². The highest BCUT2D eigenvalue weighted by Crippen LogP contribution is 2.31. The molecule has 2 rings (SSSR count). The van der Waals surface area contributed by atoms with Gasteiger partial charge >= 0.3 is 0 Å². The third-order valence-electron chi connectivity index (χ3n) is 8.82. The zero-order valence-corrected chi connectivity index (χ0v) is 25.6. The Balaban J connectivity index is 1.75. The van der Waals surface area contributed by atoms with E-state index in [4.69, 9.17) is 19.9 Å². The Kier molecular flexibility index (Phi) is 18.5. The standard InChI is InChI=1S/C30H59NO12/c1-2-3-4-5-6-7-8-9-10-11-12-13-14-15-18(34)21(31)23(36)29-26(39)25(38)28(20(17-33)41-29)43-30-27(40)24(37)22(35)19(16-32)42-30/h18-30,32-40H,2-17,31H2,1H3/t18-,19-,20-,21-,22+,23?,24+,25-,26-,27-,28-,29?,30+/m1/s1. The molecule has 13 atom stereocenters. The number of aliphatic hydroxyl groups is 9. The average molecular weight is 626 g/mol. The van der Waals surface area contributed by atoms with E-state index in [1.165, 1.54) is 57.8 Å². The quantitative estimate of drug-likeness (QED) is 0.0703. The lowest BCUT2D eigenvalue weighted by Gasteiger charge is -2.47. The van der Waals surface area contributed by atoms with Crippen LogP contribution in [0.5, 0.6) is 0 Å². The summed E-state index contributed by atoms with van der Waals surface area (Å²) in [5.41, 5.74) is 6.10. The van der Waals surface area contributed by atoms with Gasteiger partial charge in [-0.2, -0.15) is 0 Å². The molecule has 0 saturated carbocycles. The van der Waals surface area contributed by atoms with Gasteiger partial charge < -0.3 is 65.9 Å². The molecule has 0 spiro atoms. The minimum atomic E-state index is -1.78. The van der Waals surface area contributed by atoms with Crippen molar-refractivity contribution in [3.8, 4) is 0 Å². The number of nitrogens with two attached hydrogens (primary N) is 1. The third-order valence-corrected chi connectivity index (χ3v) is 8.82. The number of aliphatic hydroxyl groups excluding tert-OH is 9. The van der Waals surface area contributed by atoms with Gasteiger partial charge in [0.05, 0.1) is 25.4 Å². The van der Waals surface area contributed by atoms with Crippen LogP contribution in [0.1, 0.15) is 96.8 Å². The van der Waals surface area contributed by atoms with Gasteiger partial charge in [0.15, 0.2) is 6.29 Å². The highest BCUT2D eigenvalue weighted by Gasteiger charge is 2.52. The van der Waals surface area contributed by atoms with Crippen molar-refractivity contribution in [2.45, 2.75) is 176 Å². The van der Waals surface area contributed by atoms with E-state index in [-0.39, 0.29) is 0 Å². The smallest absolute Gasteiger partial charge is 0.187 e. The molecule has 256 valence electrons. The number of rotatable bonds is 21. The van der Waals surface area contributed by atoms with E-state index in [0.717, 1.165) is 19.3 Å². The molecule has 2 unspecified atom stereocenters. The Morgan fingerprint density at radius 1 is 0.628 bits per heavy atom. The van der Waals surface area contributed by atoms with Crippen molar-refractivity contribution in [3.05, 3.63) is 0 Å². The Labute approximate surface area is 255 Å². The Bertz CT molecular complexity index is 719. The van der Waals surface area contributed by atoms with Gasteiger partial charge in [-0.15, -0.1) is 0 Å². The summed E-state index contributed by atoms with van der Waals surface area (Å²) in [6, 6.07) is -1.20. The maximum atomic E-state index is 10.8. The molecule has 0 aliphatic carbocycles. The van der Waals surface area contributed by atoms with Crippen molar-refractivity contribution in [2.24, 2.45) is 5.73 Å². The van der Waals surface area contributed by atoms with E-state index in [1.54, 1.807) is 0 Å². The van der Waals surface area contributed by atoms with Crippen LogP contribution >= 0.6 is 0 Å². The monoisotopic (exact) mass is 625 g/mol. The minimum absolute atomic E-state index is 0.341. The van der Waals surface area contributed by atoms with Crippen molar-refractivity contribution in [1.29, 1.82) is 0 Å². The molecule has 13 nitrogen and oxygen atoms in total. The van der Waals surface area contributed by atoms with Crippen LogP contribution in [-0.4, -0.2) is 139 Å². The van der Waals surface area contributed by atoms with Gasteiger partial charge in [-0.3, -0.25) is 0 Å². The van der Waals surface area contributed by atoms with Gasteiger partial charge in [-0.05, 0) is 6.42 Å². The molecule has 0 amide bonds. The summed E-state index contributed by atoms with van der Waals surface area (Å²) >= 11 is 0. The second-order valence-corrected chi connectivity index (χ2v) is 12.3. The van der Waals surface area contributed by atoms with Crippen molar-refractivity contribution in [1.82, 2.24) is 0 Å². The van der Waals surface area contributed by atoms with Crippen LogP contribution in [-0.2, 0) is 14.2 Å². The van der Waals surface area contributed by atoms with E-state index in [2.05, 4.69) is 6.92 Å². The lowest BCUT2D eigenvalue weighted by Crippen LogP contribution is -2.67. The summed E-state index contributed by atoms with van der Waals surface area (Å²) in [6.45, 7) is 0.795. The summed E-state index contributed by atoms with van der Waals surface area (Å²) in [5.74, 6) is 0. The first kappa shape index (κ1) is 38.7. The molecule has 0 radical (unpaired) electrons. The molecule has 2 aliphatic rings. The van der Waals surface area contributed by atoms with E-state index < -0.39 is 92.7 Å². The van der Waals surface area contributed by atoms with Crippen LogP contribution < -0.4 is 5.73 Å². The SMILES string of the molecule is CCCCCCCCCCCCCCC[C@@H](O)[C@@H](N)C(O)C1O[C@H](CO)[C@@H](O[C@@H]2O[C@H](CO)[C@H](O)[C@H](O)[C@H]2O)[C@H](O)[C@H]1O. The maximum Gasteiger partial charge on any atom is 0.187 e. The Morgan fingerprint density at radius 3 is 1.65 bits per heavy atom. The van der Waals surface area contributed by atoms with Crippen LogP contribution in [0.4, 0.5) is 0 Å². The number of unbranched alkanes of at least 4 members (excludes halogenated alkanes) is 12. The zero-order valence-electron chi connectivity index (χ0n) is 25.6. The first-order chi connectivity index (χ1) is 20.6. The second-order valence-electron chi connectivity index (χ2n) is 12.3. The summed E-state index contributed by atoms with van der Waals surface area (Å²) in [6.07, 6.45) is -2.79. The van der Waals surface area contributed by atoms with Crippen molar-refractivity contribution < 1.29 is 60.2 Å². The molecule has 0 aromatic heterocycles. The molecule has 11 N–H and O–H groups in total. The van der Waals surface area contributed by atoms with Crippen molar-refractivity contribution in [3.63, 3.8) is 0 Å². The van der Waals surface area contributed by atoms with Gasteiger partial charge in [-0.25, -0.2) is 0 Å². The predicted octanol–water partition coefficient (Wildman–Crippen LogP) is -0.817. The molecule has 13 heteroatoms. The largest absolute Gasteiger partial charge is 0.394 e. The van der Waals surface area contributed by atoms with Crippen LogP contribution in [0.2, 0.25) is 0 Å². The fourth-order valence-corrected chi connectivity index (χ4v) is 5.91. The van der Waals surface area contributed by atoms with E-state index >= 15 is 0 Å². The molecule has 0 bridgehead atoms. The van der Waals surface area contributed by atoms with Crippen LogP contribution in [0.15, 0.2) is 0 Å². The predicted molar refractivity (Wildman–Crippen MR) is 157 cm³/mol.